The number of ether oxygens (including phenoxy) is 1. The lowest BCUT2D eigenvalue weighted by atomic mass is 10.1. The summed E-state index contributed by atoms with van der Waals surface area (Å²) in [6, 6.07) is 14.0. The van der Waals surface area contributed by atoms with Crippen LogP contribution in [0.15, 0.2) is 58.8 Å². The highest BCUT2D eigenvalue weighted by Gasteiger charge is 2.44. The van der Waals surface area contributed by atoms with Gasteiger partial charge in [-0.3, -0.25) is 4.57 Å². The lowest BCUT2D eigenvalue weighted by molar-refractivity contribution is -0.0511. The highest BCUT2D eigenvalue weighted by atomic mass is 32.2. The van der Waals surface area contributed by atoms with Crippen molar-refractivity contribution in [2.45, 2.75) is 34.6 Å². The highest BCUT2D eigenvalue weighted by molar-refractivity contribution is 7.99. The molecule has 2 aromatic carbocycles. The molecule has 1 saturated heterocycles. The molecule has 154 valence electrons. The molecule has 5 N–H and O–H groups in total. The van der Waals surface area contributed by atoms with Gasteiger partial charge in [-0.1, -0.05) is 36.4 Å². The summed E-state index contributed by atoms with van der Waals surface area (Å²) in [5.41, 5.74) is 6.86. The van der Waals surface area contributed by atoms with Crippen LogP contribution in [0.1, 0.15) is 6.23 Å². The second-order valence-corrected chi connectivity index (χ2v) is 8.03. The number of anilines is 1. The van der Waals surface area contributed by atoms with Gasteiger partial charge in [0.2, 0.25) is 0 Å². The molecule has 4 aromatic rings. The number of aliphatic hydroxyl groups excluding tert-OH is 3. The number of nitrogens with zero attached hydrogens (tertiary/aromatic N) is 4. The molecule has 1 aliphatic heterocycles. The fraction of sp³-hybridized carbons (Fsp3) is 0.250. The SMILES string of the molecule is Nc1nc(Sc2cccc3ccccc23)nc2c1ncn2[C@@H]1O[C@H](CO)[C@@H](O)[C@H]1O. The van der Waals surface area contributed by atoms with Gasteiger partial charge in [0.05, 0.1) is 12.9 Å². The van der Waals surface area contributed by atoms with Crippen LogP contribution in [-0.4, -0.2) is 59.8 Å². The topological polar surface area (TPSA) is 140 Å². The van der Waals surface area contributed by atoms with Crippen LogP contribution < -0.4 is 5.73 Å². The summed E-state index contributed by atoms with van der Waals surface area (Å²) in [6.45, 7) is -0.416. The number of hydrogen-bond acceptors (Lipinski definition) is 9. The van der Waals surface area contributed by atoms with E-state index in [-0.39, 0.29) is 5.82 Å². The van der Waals surface area contributed by atoms with E-state index in [4.69, 9.17) is 10.5 Å². The summed E-state index contributed by atoms with van der Waals surface area (Å²) < 4.78 is 7.11. The molecule has 0 bridgehead atoms. The second-order valence-electron chi connectivity index (χ2n) is 7.02. The Kier molecular flexibility index (Phi) is 4.80. The van der Waals surface area contributed by atoms with E-state index in [9.17, 15) is 15.3 Å². The quantitative estimate of drug-likeness (QED) is 0.356. The molecule has 2 aromatic heterocycles. The predicted molar refractivity (Wildman–Crippen MR) is 111 cm³/mol. The fourth-order valence-electron chi connectivity index (χ4n) is 3.64. The Bertz CT molecular complexity index is 1230. The number of rotatable bonds is 4. The molecule has 0 aliphatic carbocycles. The number of imidazole rings is 1. The lowest BCUT2D eigenvalue weighted by Gasteiger charge is -2.16. The van der Waals surface area contributed by atoms with Gasteiger partial charge in [0.25, 0.3) is 0 Å². The summed E-state index contributed by atoms with van der Waals surface area (Å²) in [7, 11) is 0. The third-order valence-electron chi connectivity index (χ3n) is 5.17. The van der Waals surface area contributed by atoms with Gasteiger partial charge in [-0.05, 0) is 28.6 Å². The summed E-state index contributed by atoms with van der Waals surface area (Å²) in [5, 5.41) is 32.4. The number of hydrogen-bond donors (Lipinski definition) is 4. The molecule has 10 heteroatoms. The number of nitrogen functional groups attached to an aromatic ring is 1. The van der Waals surface area contributed by atoms with E-state index in [1.165, 1.54) is 22.7 Å². The van der Waals surface area contributed by atoms with Crippen LogP contribution in [0.3, 0.4) is 0 Å². The lowest BCUT2D eigenvalue weighted by Crippen LogP contribution is -2.33. The van der Waals surface area contributed by atoms with Crippen molar-refractivity contribution in [3.8, 4) is 0 Å². The molecule has 0 spiro atoms. The van der Waals surface area contributed by atoms with E-state index >= 15 is 0 Å². The van der Waals surface area contributed by atoms with Crippen LogP contribution >= 0.6 is 11.8 Å². The Morgan fingerprint density at radius 3 is 2.67 bits per heavy atom. The number of aliphatic hydroxyl groups is 3. The minimum Gasteiger partial charge on any atom is -0.394 e. The van der Waals surface area contributed by atoms with Crippen LogP contribution in [0.2, 0.25) is 0 Å². The predicted octanol–water partition coefficient (Wildman–Crippen LogP) is 1.32. The Balaban J connectivity index is 1.56. The number of benzene rings is 2. The van der Waals surface area contributed by atoms with Gasteiger partial charge < -0.3 is 25.8 Å². The van der Waals surface area contributed by atoms with Gasteiger partial charge in [-0.25, -0.2) is 15.0 Å². The molecular formula is C20H19N5O4S. The Morgan fingerprint density at radius 2 is 1.87 bits per heavy atom. The van der Waals surface area contributed by atoms with Gasteiger partial charge in [0.1, 0.15) is 23.8 Å². The monoisotopic (exact) mass is 425 g/mol. The molecule has 3 heterocycles. The summed E-state index contributed by atoms with van der Waals surface area (Å²) in [5.74, 6) is 0.202. The first-order valence-electron chi connectivity index (χ1n) is 9.35. The first kappa shape index (κ1) is 19.2. The summed E-state index contributed by atoms with van der Waals surface area (Å²) >= 11 is 1.37. The Morgan fingerprint density at radius 1 is 1.07 bits per heavy atom. The zero-order valence-electron chi connectivity index (χ0n) is 15.7. The Hall–Kier alpha value is -2.76. The van der Waals surface area contributed by atoms with E-state index in [0.29, 0.717) is 16.3 Å². The highest BCUT2D eigenvalue weighted by Crippen LogP contribution is 2.35. The van der Waals surface area contributed by atoms with E-state index in [0.717, 1.165) is 15.7 Å². The molecule has 0 saturated carbocycles. The number of fused-ring (bicyclic) bond motifs is 2. The molecule has 1 aliphatic rings. The van der Waals surface area contributed by atoms with E-state index in [1.807, 2.05) is 42.5 Å². The average molecular weight is 425 g/mol. The van der Waals surface area contributed by atoms with Crippen LogP contribution in [-0.2, 0) is 4.74 Å². The molecule has 0 amide bonds. The third-order valence-corrected chi connectivity index (χ3v) is 6.11. The van der Waals surface area contributed by atoms with Crippen molar-refractivity contribution < 1.29 is 20.1 Å². The normalized spacial score (nSPS) is 24.1. The van der Waals surface area contributed by atoms with Gasteiger partial charge in [0.15, 0.2) is 22.8 Å². The van der Waals surface area contributed by atoms with Crippen LogP contribution in [0, 0.1) is 0 Å². The van der Waals surface area contributed by atoms with Crippen molar-refractivity contribution in [1.29, 1.82) is 0 Å². The molecule has 30 heavy (non-hydrogen) atoms. The molecule has 4 atom stereocenters. The van der Waals surface area contributed by atoms with Crippen LogP contribution in [0.4, 0.5) is 5.82 Å². The summed E-state index contributed by atoms with van der Waals surface area (Å²) in [6.07, 6.45) is -2.88. The van der Waals surface area contributed by atoms with Gasteiger partial charge >= 0.3 is 0 Å². The van der Waals surface area contributed by atoms with E-state index in [1.54, 1.807) is 0 Å². The molecule has 0 unspecified atom stereocenters. The van der Waals surface area contributed by atoms with Crippen molar-refractivity contribution >= 4 is 39.5 Å². The molecular weight excluding hydrogens is 406 g/mol. The van der Waals surface area contributed by atoms with Crippen molar-refractivity contribution in [2.75, 3.05) is 12.3 Å². The number of aromatic nitrogens is 4. The van der Waals surface area contributed by atoms with Crippen LogP contribution in [0.5, 0.6) is 0 Å². The minimum absolute atomic E-state index is 0.202. The molecule has 5 rings (SSSR count). The zero-order chi connectivity index (χ0) is 20.8. The fourth-order valence-corrected chi connectivity index (χ4v) is 4.56. The average Bonchev–Trinajstić information content (AvgIpc) is 3.30. The maximum Gasteiger partial charge on any atom is 0.196 e. The zero-order valence-corrected chi connectivity index (χ0v) is 16.5. The van der Waals surface area contributed by atoms with Gasteiger partial charge in [-0.15, -0.1) is 0 Å². The van der Waals surface area contributed by atoms with Crippen molar-refractivity contribution in [3.63, 3.8) is 0 Å². The molecule has 9 nitrogen and oxygen atoms in total. The maximum absolute atomic E-state index is 10.4. The number of nitrogens with two attached hydrogens (primary N) is 1. The van der Waals surface area contributed by atoms with E-state index in [2.05, 4.69) is 15.0 Å². The largest absolute Gasteiger partial charge is 0.394 e. The maximum atomic E-state index is 10.4. The first-order chi connectivity index (χ1) is 14.6. The van der Waals surface area contributed by atoms with Gasteiger partial charge in [0, 0.05) is 4.90 Å². The van der Waals surface area contributed by atoms with Crippen molar-refractivity contribution in [3.05, 3.63) is 48.8 Å². The molecule has 0 radical (unpaired) electrons. The third kappa shape index (κ3) is 3.09. The van der Waals surface area contributed by atoms with Gasteiger partial charge in [-0.2, -0.15) is 0 Å². The van der Waals surface area contributed by atoms with Crippen LogP contribution in [0.25, 0.3) is 21.9 Å². The minimum atomic E-state index is -1.25. The Labute approximate surface area is 175 Å². The smallest absolute Gasteiger partial charge is 0.196 e. The van der Waals surface area contributed by atoms with Crippen molar-refractivity contribution in [2.24, 2.45) is 0 Å². The molecule has 1 fully saturated rings. The summed E-state index contributed by atoms with van der Waals surface area (Å²) in [4.78, 5) is 14.2. The van der Waals surface area contributed by atoms with Crippen molar-refractivity contribution in [1.82, 2.24) is 19.5 Å². The second kappa shape index (κ2) is 7.49. The standard InChI is InChI=1S/C20H19N5O4S/c21-17-14-18(25(9-22-14)19-16(28)15(27)12(8-26)29-19)24-20(23-17)30-13-7-3-5-10-4-1-2-6-11(10)13/h1-7,9,12,15-16,19,26-28H,8H2,(H2,21,23,24)/t12-,15-,16-,19-/m1/s1. The first-order valence-corrected chi connectivity index (χ1v) is 10.2. The van der Waals surface area contributed by atoms with E-state index < -0.39 is 31.1 Å².